The zero-order valence-electron chi connectivity index (χ0n) is 14.6. The fourth-order valence-electron chi connectivity index (χ4n) is 3.24. The van der Waals surface area contributed by atoms with Crippen LogP contribution in [-0.2, 0) is 0 Å². The Morgan fingerprint density at radius 2 is 2.00 bits per heavy atom. The number of aromatic nitrogens is 2. The molecule has 1 aliphatic rings. The molecule has 1 atom stereocenters. The summed E-state index contributed by atoms with van der Waals surface area (Å²) in [5.41, 5.74) is 1.84. The normalized spacial score (nSPS) is 16.8. The number of piperazine rings is 1. The van der Waals surface area contributed by atoms with Crippen molar-refractivity contribution in [3.05, 3.63) is 52.2 Å². The SMILES string of the molecule is Cc1c[nH]c(=O)n1-c1cccc(C(=O)N2CCN(CC(C)O)CC2)c1. The van der Waals surface area contributed by atoms with Crippen molar-refractivity contribution >= 4 is 5.91 Å². The molecule has 2 heterocycles. The van der Waals surface area contributed by atoms with Crippen molar-refractivity contribution in [1.82, 2.24) is 19.4 Å². The van der Waals surface area contributed by atoms with Gasteiger partial charge in [0.25, 0.3) is 5.91 Å². The molecule has 1 saturated heterocycles. The lowest BCUT2D eigenvalue weighted by molar-refractivity contribution is 0.0554. The second-order valence-electron chi connectivity index (χ2n) is 6.56. The Balaban J connectivity index is 1.74. The molecular formula is C18H24N4O3. The van der Waals surface area contributed by atoms with Crippen molar-refractivity contribution in [2.75, 3.05) is 32.7 Å². The van der Waals surface area contributed by atoms with Crippen LogP contribution in [0.1, 0.15) is 23.0 Å². The predicted octanol–water partition coefficient (Wildman–Crippen LogP) is 0.613. The molecule has 0 radical (unpaired) electrons. The van der Waals surface area contributed by atoms with Gasteiger partial charge in [0, 0.05) is 50.2 Å². The number of imidazole rings is 1. The number of β-amino-alcohol motifs (C(OH)–C–C–N with tert-alkyl or cyclic N) is 1. The monoisotopic (exact) mass is 344 g/mol. The standard InChI is InChI=1S/C18H24N4O3/c1-13-11-19-18(25)22(13)16-5-3-4-15(10-16)17(24)21-8-6-20(7-9-21)12-14(2)23/h3-5,10-11,14,23H,6-9,12H2,1-2H3,(H,19,25). The number of hydrogen-bond donors (Lipinski definition) is 2. The fourth-order valence-corrected chi connectivity index (χ4v) is 3.24. The summed E-state index contributed by atoms with van der Waals surface area (Å²) in [4.78, 5) is 31.4. The lowest BCUT2D eigenvalue weighted by Crippen LogP contribution is -2.50. The molecule has 0 aliphatic carbocycles. The predicted molar refractivity (Wildman–Crippen MR) is 95.2 cm³/mol. The summed E-state index contributed by atoms with van der Waals surface area (Å²) in [7, 11) is 0. The number of nitrogens with zero attached hydrogens (tertiary/aromatic N) is 3. The third kappa shape index (κ3) is 3.83. The number of nitrogens with one attached hydrogen (secondary N) is 1. The number of aliphatic hydroxyl groups excluding tert-OH is 1. The van der Waals surface area contributed by atoms with Gasteiger partial charge in [-0.1, -0.05) is 6.07 Å². The van der Waals surface area contributed by atoms with Crippen LogP contribution in [0.4, 0.5) is 0 Å². The van der Waals surface area contributed by atoms with Crippen LogP contribution in [0.5, 0.6) is 0 Å². The van der Waals surface area contributed by atoms with Crippen molar-refractivity contribution in [2.45, 2.75) is 20.0 Å². The zero-order chi connectivity index (χ0) is 18.0. The summed E-state index contributed by atoms with van der Waals surface area (Å²) in [5, 5.41) is 9.47. The van der Waals surface area contributed by atoms with Crippen molar-refractivity contribution < 1.29 is 9.90 Å². The topological polar surface area (TPSA) is 81.6 Å². The quantitative estimate of drug-likeness (QED) is 0.852. The summed E-state index contributed by atoms with van der Waals surface area (Å²) >= 11 is 0. The van der Waals surface area contributed by atoms with Gasteiger partial charge in [-0.15, -0.1) is 0 Å². The number of amides is 1. The highest BCUT2D eigenvalue weighted by Crippen LogP contribution is 2.14. The van der Waals surface area contributed by atoms with Crippen LogP contribution < -0.4 is 5.69 Å². The third-order valence-electron chi connectivity index (χ3n) is 4.49. The van der Waals surface area contributed by atoms with E-state index >= 15 is 0 Å². The van der Waals surface area contributed by atoms with Gasteiger partial charge in [-0.05, 0) is 32.0 Å². The molecule has 7 nitrogen and oxygen atoms in total. The van der Waals surface area contributed by atoms with Crippen molar-refractivity contribution in [1.29, 1.82) is 0 Å². The molecule has 2 N–H and O–H groups in total. The van der Waals surface area contributed by atoms with Crippen molar-refractivity contribution in [2.24, 2.45) is 0 Å². The number of hydrogen-bond acceptors (Lipinski definition) is 4. The molecule has 2 aromatic rings. The highest BCUT2D eigenvalue weighted by atomic mass is 16.3. The summed E-state index contributed by atoms with van der Waals surface area (Å²) in [5.74, 6) is -0.0280. The molecule has 1 aromatic heterocycles. The number of carbonyl (C=O) groups is 1. The Kier molecular flexibility index (Phi) is 5.06. The molecular weight excluding hydrogens is 320 g/mol. The van der Waals surface area contributed by atoms with Gasteiger partial charge < -0.3 is 15.0 Å². The Morgan fingerprint density at radius 3 is 2.60 bits per heavy atom. The minimum atomic E-state index is -0.359. The van der Waals surface area contributed by atoms with E-state index in [1.807, 2.05) is 17.9 Å². The number of aryl methyl sites for hydroxylation is 1. The molecule has 0 bridgehead atoms. The average molecular weight is 344 g/mol. The number of rotatable bonds is 4. The Labute approximate surface area is 146 Å². The largest absolute Gasteiger partial charge is 0.392 e. The van der Waals surface area contributed by atoms with E-state index in [2.05, 4.69) is 9.88 Å². The van der Waals surface area contributed by atoms with Crippen LogP contribution >= 0.6 is 0 Å². The van der Waals surface area contributed by atoms with E-state index in [0.29, 0.717) is 30.9 Å². The second kappa shape index (κ2) is 7.25. The summed E-state index contributed by atoms with van der Waals surface area (Å²) < 4.78 is 1.55. The summed E-state index contributed by atoms with van der Waals surface area (Å²) in [6, 6.07) is 7.15. The second-order valence-corrected chi connectivity index (χ2v) is 6.56. The van der Waals surface area contributed by atoms with Crippen LogP contribution in [0.25, 0.3) is 5.69 Å². The third-order valence-corrected chi connectivity index (χ3v) is 4.49. The lowest BCUT2D eigenvalue weighted by atomic mass is 10.1. The minimum absolute atomic E-state index is 0.0280. The molecule has 3 rings (SSSR count). The van der Waals surface area contributed by atoms with E-state index in [0.717, 1.165) is 18.8 Å². The highest BCUT2D eigenvalue weighted by Gasteiger charge is 2.23. The van der Waals surface area contributed by atoms with Crippen LogP contribution in [0.3, 0.4) is 0 Å². The van der Waals surface area contributed by atoms with Crippen LogP contribution in [0.2, 0.25) is 0 Å². The fraction of sp³-hybridized carbons (Fsp3) is 0.444. The number of aliphatic hydroxyl groups is 1. The first-order valence-corrected chi connectivity index (χ1v) is 8.53. The first kappa shape index (κ1) is 17.4. The Hall–Kier alpha value is -2.38. The van der Waals surface area contributed by atoms with Crippen LogP contribution in [0.15, 0.2) is 35.3 Å². The first-order valence-electron chi connectivity index (χ1n) is 8.53. The molecule has 1 aliphatic heterocycles. The van der Waals surface area contributed by atoms with Gasteiger partial charge in [0.1, 0.15) is 0 Å². The smallest absolute Gasteiger partial charge is 0.330 e. The molecule has 134 valence electrons. The molecule has 0 saturated carbocycles. The van der Waals surface area contributed by atoms with E-state index in [1.54, 1.807) is 35.9 Å². The maximum absolute atomic E-state index is 12.8. The minimum Gasteiger partial charge on any atom is -0.392 e. The molecule has 0 spiro atoms. The summed E-state index contributed by atoms with van der Waals surface area (Å²) in [6.07, 6.45) is 1.29. The van der Waals surface area contributed by atoms with Crippen LogP contribution in [-0.4, -0.2) is 69.2 Å². The highest BCUT2D eigenvalue weighted by molar-refractivity contribution is 5.94. The molecule has 1 aromatic carbocycles. The average Bonchev–Trinajstić information content (AvgIpc) is 2.93. The van der Waals surface area contributed by atoms with Crippen molar-refractivity contribution in [3.8, 4) is 5.69 Å². The molecule has 7 heteroatoms. The summed E-state index contributed by atoms with van der Waals surface area (Å²) in [6.45, 7) is 7.03. The van der Waals surface area contributed by atoms with E-state index in [-0.39, 0.29) is 17.7 Å². The first-order chi connectivity index (χ1) is 12.0. The van der Waals surface area contributed by atoms with Gasteiger partial charge in [-0.3, -0.25) is 14.3 Å². The lowest BCUT2D eigenvalue weighted by Gasteiger charge is -2.35. The molecule has 1 amide bonds. The maximum atomic E-state index is 12.8. The van der Waals surface area contributed by atoms with Gasteiger partial charge in [0.05, 0.1) is 11.8 Å². The van der Waals surface area contributed by atoms with Gasteiger partial charge >= 0.3 is 5.69 Å². The number of carbonyl (C=O) groups excluding carboxylic acids is 1. The zero-order valence-corrected chi connectivity index (χ0v) is 14.6. The number of benzene rings is 1. The van der Waals surface area contributed by atoms with E-state index in [9.17, 15) is 14.7 Å². The number of aromatic amines is 1. The van der Waals surface area contributed by atoms with E-state index < -0.39 is 0 Å². The van der Waals surface area contributed by atoms with E-state index in [4.69, 9.17) is 0 Å². The van der Waals surface area contributed by atoms with E-state index in [1.165, 1.54) is 0 Å². The van der Waals surface area contributed by atoms with Gasteiger partial charge in [0.15, 0.2) is 0 Å². The molecule has 1 unspecified atom stereocenters. The Morgan fingerprint density at radius 1 is 1.28 bits per heavy atom. The van der Waals surface area contributed by atoms with Gasteiger partial charge in [-0.2, -0.15) is 0 Å². The molecule has 25 heavy (non-hydrogen) atoms. The Bertz CT molecular complexity index is 801. The van der Waals surface area contributed by atoms with Crippen molar-refractivity contribution in [3.63, 3.8) is 0 Å². The van der Waals surface area contributed by atoms with Crippen LogP contribution in [0, 0.1) is 6.92 Å². The molecule has 1 fully saturated rings. The van der Waals surface area contributed by atoms with Gasteiger partial charge in [-0.25, -0.2) is 4.79 Å². The maximum Gasteiger partial charge on any atom is 0.330 e. The van der Waals surface area contributed by atoms with Gasteiger partial charge in [0.2, 0.25) is 0 Å². The number of H-pyrrole nitrogens is 1.